The maximum absolute atomic E-state index is 11.6. The zero-order valence-electron chi connectivity index (χ0n) is 11.7. The number of ether oxygens (including phenoxy) is 1. The molecule has 108 valence electrons. The Morgan fingerprint density at radius 1 is 1.63 bits per heavy atom. The van der Waals surface area contributed by atoms with Gasteiger partial charge in [0, 0.05) is 30.4 Å². The van der Waals surface area contributed by atoms with Crippen LogP contribution in [-0.4, -0.2) is 46.8 Å². The fourth-order valence-corrected chi connectivity index (χ4v) is 3.65. The summed E-state index contributed by atoms with van der Waals surface area (Å²) in [5, 5.41) is 10.7. The Morgan fingerprint density at radius 2 is 2.42 bits per heavy atom. The van der Waals surface area contributed by atoms with Gasteiger partial charge in [-0.3, -0.25) is 4.57 Å². The summed E-state index contributed by atoms with van der Waals surface area (Å²) in [6.07, 6.45) is 1.10. The minimum atomic E-state index is -0.136. The average molecular weight is 286 g/mol. The number of hydrogen-bond donors (Lipinski definition) is 2. The van der Waals surface area contributed by atoms with E-state index in [1.165, 1.54) is 0 Å². The number of aromatic amines is 1. The first-order valence-electron chi connectivity index (χ1n) is 6.68. The molecule has 2 rings (SSSR count). The molecule has 2 heterocycles. The van der Waals surface area contributed by atoms with Crippen molar-refractivity contribution in [2.24, 2.45) is 5.92 Å². The summed E-state index contributed by atoms with van der Waals surface area (Å²) in [6, 6.07) is 0.511. The molecule has 1 fully saturated rings. The molecule has 0 amide bonds. The van der Waals surface area contributed by atoms with Crippen LogP contribution in [0, 0.1) is 5.92 Å². The Morgan fingerprint density at radius 3 is 3.00 bits per heavy atom. The first kappa shape index (κ1) is 14.6. The topological polar surface area (TPSA) is 71.9 Å². The molecule has 19 heavy (non-hydrogen) atoms. The third-order valence-electron chi connectivity index (χ3n) is 3.49. The molecule has 1 aromatic heterocycles. The van der Waals surface area contributed by atoms with E-state index in [-0.39, 0.29) is 11.7 Å². The predicted molar refractivity (Wildman–Crippen MR) is 75.7 cm³/mol. The SMILES string of the molecule is CNC(CSc1n[nH]c(=O)n1C(C)C)C1CCOC1. The van der Waals surface area contributed by atoms with Crippen molar-refractivity contribution in [3.05, 3.63) is 10.5 Å². The highest BCUT2D eigenvalue weighted by Crippen LogP contribution is 2.23. The zero-order chi connectivity index (χ0) is 13.8. The maximum Gasteiger partial charge on any atom is 0.344 e. The summed E-state index contributed by atoms with van der Waals surface area (Å²) in [5.41, 5.74) is -0.136. The lowest BCUT2D eigenvalue weighted by Gasteiger charge is -2.21. The number of nitrogens with one attached hydrogen (secondary N) is 2. The van der Waals surface area contributed by atoms with E-state index in [0.717, 1.165) is 30.5 Å². The van der Waals surface area contributed by atoms with E-state index in [9.17, 15) is 4.79 Å². The lowest BCUT2D eigenvalue weighted by atomic mass is 10.0. The lowest BCUT2D eigenvalue weighted by Crippen LogP contribution is -2.36. The Bertz CT molecular complexity index is 451. The van der Waals surface area contributed by atoms with Crippen LogP contribution in [0.1, 0.15) is 26.3 Å². The molecule has 2 atom stereocenters. The number of H-pyrrole nitrogens is 1. The van der Waals surface area contributed by atoms with Gasteiger partial charge in [-0.05, 0) is 27.3 Å². The second-order valence-electron chi connectivity index (χ2n) is 5.10. The van der Waals surface area contributed by atoms with Gasteiger partial charge in [0.2, 0.25) is 0 Å². The maximum atomic E-state index is 11.6. The van der Waals surface area contributed by atoms with Crippen LogP contribution in [0.5, 0.6) is 0 Å². The number of rotatable bonds is 6. The van der Waals surface area contributed by atoms with Crippen molar-refractivity contribution in [3.8, 4) is 0 Å². The molecular weight excluding hydrogens is 264 g/mol. The van der Waals surface area contributed by atoms with E-state index in [4.69, 9.17) is 4.74 Å². The lowest BCUT2D eigenvalue weighted by molar-refractivity contribution is 0.179. The minimum absolute atomic E-state index is 0.122. The molecule has 0 aliphatic carbocycles. The van der Waals surface area contributed by atoms with Gasteiger partial charge in [0.05, 0.1) is 6.61 Å². The van der Waals surface area contributed by atoms with Crippen LogP contribution in [-0.2, 0) is 4.74 Å². The smallest absolute Gasteiger partial charge is 0.344 e. The second-order valence-corrected chi connectivity index (χ2v) is 6.09. The van der Waals surface area contributed by atoms with Crippen LogP contribution in [0.15, 0.2) is 9.95 Å². The Hall–Kier alpha value is -0.790. The molecule has 7 heteroatoms. The van der Waals surface area contributed by atoms with Gasteiger partial charge in [0.15, 0.2) is 5.16 Å². The third-order valence-corrected chi connectivity index (χ3v) is 4.56. The second kappa shape index (κ2) is 6.58. The molecule has 1 aliphatic heterocycles. The quantitative estimate of drug-likeness (QED) is 0.759. The van der Waals surface area contributed by atoms with Crippen molar-refractivity contribution in [2.75, 3.05) is 26.0 Å². The molecule has 1 aliphatic rings. The summed E-state index contributed by atoms with van der Waals surface area (Å²) < 4.78 is 7.13. The van der Waals surface area contributed by atoms with Gasteiger partial charge in [-0.2, -0.15) is 0 Å². The van der Waals surface area contributed by atoms with Crippen LogP contribution in [0.25, 0.3) is 0 Å². The van der Waals surface area contributed by atoms with E-state index in [0.29, 0.717) is 12.0 Å². The monoisotopic (exact) mass is 286 g/mol. The minimum Gasteiger partial charge on any atom is -0.381 e. The standard InChI is InChI=1S/C12H22N4O2S/c1-8(2)16-11(17)14-15-12(16)19-7-10(13-3)9-4-5-18-6-9/h8-10,13H,4-7H2,1-3H3,(H,14,17). The van der Waals surface area contributed by atoms with Crippen molar-refractivity contribution in [1.29, 1.82) is 0 Å². The van der Waals surface area contributed by atoms with Gasteiger partial charge >= 0.3 is 5.69 Å². The van der Waals surface area contributed by atoms with Gasteiger partial charge in [0.25, 0.3) is 0 Å². The van der Waals surface area contributed by atoms with E-state index in [1.54, 1.807) is 16.3 Å². The molecule has 0 bridgehead atoms. The fraction of sp³-hybridized carbons (Fsp3) is 0.833. The van der Waals surface area contributed by atoms with E-state index < -0.39 is 0 Å². The van der Waals surface area contributed by atoms with E-state index >= 15 is 0 Å². The number of aromatic nitrogens is 3. The highest BCUT2D eigenvalue weighted by molar-refractivity contribution is 7.99. The normalized spacial score (nSPS) is 21.2. The van der Waals surface area contributed by atoms with E-state index in [1.807, 2.05) is 20.9 Å². The highest BCUT2D eigenvalue weighted by atomic mass is 32.2. The fourth-order valence-electron chi connectivity index (χ4n) is 2.34. The van der Waals surface area contributed by atoms with E-state index in [2.05, 4.69) is 15.5 Å². The zero-order valence-corrected chi connectivity index (χ0v) is 12.5. The van der Waals surface area contributed by atoms with Gasteiger partial charge in [-0.15, -0.1) is 5.10 Å². The molecule has 2 N–H and O–H groups in total. The Labute approximate surface area is 117 Å². The van der Waals surface area contributed by atoms with Crippen molar-refractivity contribution in [1.82, 2.24) is 20.1 Å². The van der Waals surface area contributed by atoms with Gasteiger partial charge in [-0.1, -0.05) is 11.8 Å². The van der Waals surface area contributed by atoms with Crippen molar-refractivity contribution in [2.45, 2.75) is 37.5 Å². The number of hydrogen-bond acceptors (Lipinski definition) is 5. The van der Waals surface area contributed by atoms with Crippen LogP contribution in [0.3, 0.4) is 0 Å². The highest BCUT2D eigenvalue weighted by Gasteiger charge is 2.25. The molecule has 0 radical (unpaired) electrons. The van der Waals surface area contributed by atoms with Crippen LogP contribution in [0.4, 0.5) is 0 Å². The first-order chi connectivity index (χ1) is 9.13. The van der Waals surface area contributed by atoms with Crippen molar-refractivity contribution in [3.63, 3.8) is 0 Å². The summed E-state index contributed by atoms with van der Waals surface area (Å²) >= 11 is 1.62. The number of thioether (sulfide) groups is 1. The average Bonchev–Trinajstić information content (AvgIpc) is 3.00. The molecule has 0 spiro atoms. The first-order valence-corrected chi connectivity index (χ1v) is 7.66. The largest absolute Gasteiger partial charge is 0.381 e. The molecule has 0 saturated carbocycles. The molecule has 2 unspecified atom stereocenters. The Balaban J connectivity index is 1.99. The van der Waals surface area contributed by atoms with Crippen molar-refractivity contribution < 1.29 is 4.74 Å². The van der Waals surface area contributed by atoms with Crippen molar-refractivity contribution >= 4 is 11.8 Å². The third kappa shape index (κ3) is 3.40. The van der Waals surface area contributed by atoms with Gasteiger partial charge in [0.1, 0.15) is 0 Å². The molecule has 1 aromatic rings. The molecule has 0 aromatic carbocycles. The van der Waals surface area contributed by atoms with Crippen LogP contribution >= 0.6 is 11.8 Å². The van der Waals surface area contributed by atoms with Crippen LogP contribution < -0.4 is 11.0 Å². The summed E-state index contributed by atoms with van der Waals surface area (Å²) in [5.74, 6) is 1.44. The summed E-state index contributed by atoms with van der Waals surface area (Å²) in [6.45, 7) is 5.65. The van der Waals surface area contributed by atoms with Crippen LogP contribution in [0.2, 0.25) is 0 Å². The number of nitrogens with zero attached hydrogens (tertiary/aromatic N) is 2. The Kier molecular flexibility index (Phi) is 5.06. The van der Waals surface area contributed by atoms with Gasteiger partial charge in [-0.25, -0.2) is 9.89 Å². The molecule has 6 nitrogen and oxygen atoms in total. The predicted octanol–water partition coefficient (Wildman–Crippen LogP) is 0.869. The summed E-state index contributed by atoms with van der Waals surface area (Å²) in [4.78, 5) is 11.6. The summed E-state index contributed by atoms with van der Waals surface area (Å²) in [7, 11) is 1.98. The van der Waals surface area contributed by atoms with Gasteiger partial charge < -0.3 is 10.1 Å². The molecular formula is C12H22N4O2S. The molecule has 1 saturated heterocycles.